The maximum atomic E-state index is 13.1. The van der Waals surface area contributed by atoms with Crippen molar-refractivity contribution in [3.63, 3.8) is 0 Å². The van der Waals surface area contributed by atoms with E-state index in [1.165, 1.54) is 16.4 Å². The van der Waals surface area contributed by atoms with E-state index in [0.717, 1.165) is 10.0 Å². The molecule has 0 aliphatic rings. The average molecular weight is 398 g/mol. The van der Waals surface area contributed by atoms with Crippen molar-refractivity contribution in [2.75, 3.05) is 10.8 Å². The Labute approximate surface area is 145 Å². The van der Waals surface area contributed by atoms with Crippen molar-refractivity contribution in [1.29, 1.82) is 0 Å². The summed E-state index contributed by atoms with van der Waals surface area (Å²) in [7, 11) is -3.70. The van der Waals surface area contributed by atoms with Crippen LogP contribution in [-0.2, 0) is 10.0 Å². The van der Waals surface area contributed by atoms with Crippen LogP contribution in [0.3, 0.4) is 0 Å². The van der Waals surface area contributed by atoms with Crippen molar-refractivity contribution in [1.82, 2.24) is 0 Å². The predicted molar refractivity (Wildman–Crippen MR) is 96.4 cm³/mol. The van der Waals surface area contributed by atoms with E-state index in [1.54, 1.807) is 30.3 Å². The molecule has 4 nitrogen and oxygen atoms in total. The van der Waals surface area contributed by atoms with Crippen LogP contribution in [0.1, 0.15) is 19.4 Å². The third kappa shape index (κ3) is 4.06. The van der Waals surface area contributed by atoms with Gasteiger partial charge in [-0.2, -0.15) is 0 Å². The van der Waals surface area contributed by atoms with Crippen LogP contribution < -0.4 is 4.31 Å². The van der Waals surface area contributed by atoms with Gasteiger partial charge >= 0.3 is 0 Å². The first-order chi connectivity index (χ1) is 10.7. The summed E-state index contributed by atoms with van der Waals surface area (Å²) in [5.41, 5.74) is 1.31. The Hall–Kier alpha value is -1.53. The number of phenolic OH excluding ortho intramolecular Hbond substituents is 1. The number of sulfonamides is 1. The average Bonchev–Trinajstić information content (AvgIpc) is 2.47. The molecule has 2 aromatic carbocycles. The zero-order valence-corrected chi connectivity index (χ0v) is 15.7. The third-order valence-electron chi connectivity index (χ3n) is 3.37. The van der Waals surface area contributed by atoms with Gasteiger partial charge in [-0.1, -0.05) is 35.8 Å². The second-order valence-corrected chi connectivity index (χ2v) is 8.58. The molecule has 0 spiro atoms. The maximum Gasteiger partial charge on any atom is 0.264 e. The molecule has 0 fully saturated rings. The molecule has 0 bridgehead atoms. The van der Waals surface area contributed by atoms with Crippen molar-refractivity contribution in [3.8, 4) is 5.75 Å². The highest BCUT2D eigenvalue weighted by Crippen LogP contribution is 2.29. The Morgan fingerprint density at radius 2 is 1.87 bits per heavy atom. The Kier molecular flexibility index (Phi) is 5.37. The van der Waals surface area contributed by atoms with Gasteiger partial charge in [-0.3, -0.25) is 4.31 Å². The molecule has 2 rings (SSSR count). The van der Waals surface area contributed by atoms with E-state index in [4.69, 9.17) is 0 Å². The fourth-order valence-electron chi connectivity index (χ4n) is 2.23. The highest BCUT2D eigenvalue weighted by Gasteiger charge is 2.26. The van der Waals surface area contributed by atoms with Crippen molar-refractivity contribution in [2.45, 2.75) is 25.7 Å². The minimum absolute atomic E-state index is 0.0402. The lowest BCUT2D eigenvalue weighted by molar-refractivity contribution is 0.475. The number of phenols is 1. The van der Waals surface area contributed by atoms with Crippen LogP contribution in [0.4, 0.5) is 5.69 Å². The number of aryl methyl sites for hydroxylation is 1. The molecule has 0 aliphatic heterocycles. The SMILES string of the molecule is Cc1cc(S(=O)(=O)N(CC(C)C)c2cccc(O)c2)ccc1Br. The molecule has 0 unspecified atom stereocenters. The van der Waals surface area contributed by atoms with Crippen LogP contribution in [0.25, 0.3) is 0 Å². The van der Waals surface area contributed by atoms with E-state index < -0.39 is 10.0 Å². The largest absolute Gasteiger partial charge is 0.508 e. The molecule has 0 radical (unpaired) electrons. The van der Waals surface area contributed by atoms with Crippen LogP contribution in [0.2, 0.25) is 0 Å². The fourth-order valence-corrected chi connectivity index (χ4v) is 4.18. The number of anilines is 1. The minimum Gasteiger partial charge on any atom is -0.508 e. The Morgan fingerprint density at radius 3 is 2.43 bits per heavy atom. The summed E-state index contributed by atoms with van der Waals surface area (Å²) in [5, 5.41) is 9.69. The number of aromatic hydroxyl groups is 1. The Bertz CT molecular complexity index is 803. The van der Waals surface area contributed by atoms with Crippen molar-refractivity contribution < 1.29 is 13.5 Å². The summed E-state index contributed by atoms with van der Waals surface area (Å²) in [6.45, 7) is 6.10. The number of halogens is 1. The van der Waals surface area contributed by atoms with E-state index in [2.05, 4.69) is 15.9 Å². The molecular formula is C17H20BrNO3S. The first kappa shape index (κ1) is 17.8. The van der Waals surface area contributed by atoms with Crippen LogP contribution in [-0.4, -0.2) is 20.1 Å². The van der Waals surface area contributed by atoms with Crippen LogP contribution in [0, 0.1) is 12.8 Å². The number of nitrogens with zero attached hydrogens (tertiary/aromatic N) is 1. The second kappa shape index (κ2) is 6.93. The molecule has 2 aromatic rings. The zero-order chi connectivity index (χ0) is 17.2. The van der Waals surface area contributed by atoms with Gasteiger partial charge in [0.15, 0.2) is 0 Å². The highest BCUT2D eigenvalue weighted by molar-refractivity contribution is 9.10. The lowest BCUT2D eigenvalue weighted by Crippen LogP contribution is -2.34. The molecule has 6 heteroatoms. The molecule has 0 amide bonds. The summed E-state index contributed by atoms with van der Waals surface area (Å²) in [5.74, 6) is 0.183. The fraction of sp³-hybridized carbons (Fsp3) is 0.294. The van der Waals surface area contributed by atoms with Gasteiger partial charge in [0, 0.05) is 17.1 Å². The van der Waals surface area contributed by atoms with Crippen molar-refractivity contribution in [3.05, 3.63) is 52.5 Å². The highest BCUT2D eigenvalue weighted by atomic mass is 79.9. The first-order valence-electron chi connectivity index (χ1n) is 7.29. The molecule has 0 saturated carbocycles. The van der Waals surface area contributed by atoms with E-state index in [1.807, 2.05) is 20.8 Å². The van der Waals surface area contributed by atoms with Gasteiger partial charge in [0.2, 0.25) is 0 Å². The van der Waals surface area contributed by atoms with Gasteiger partial charge in [0.1, 0.15) is 5.75 Å². The van der Waals surface area contributed by atoms with Gasteiger partial charge in [0.05, 0.1) is 10.6 Å². The second-order valence-electron chi connectivity index (χ2n) is 5.86. The predicted octanol–water partition coefficient (Wildman–Crippen LogP) is 4.31. The lowest BCUT2D eigenvalue weighted by atomic mass is 10.2. The summed E-state index contributed by atoms with van der Waals surface area (Å²) < 4.78 is 28.4. The summed E-state index contributed by atoms with van der Waals surface area (Å²) in [6, 6.07) is 11.3. The molecule has 23 heavy (non-hydrogen) atoms. The summed E-state index contributed by atoms with van der Waals surface area (Å²) >= 11 is 3.39. The summed E-state index contributed by atoms with van der Waals surface area (Å²) in [6.07, 6.45) is 0. The van der Waals surface area contributed by atoms with Crippen molar-refractivity contribution >= 4 is 31.6 Å². The standard InChI is InChI=1S/C17H20BrNO3S/c1-12(2)11-19(14-5-4-6-15(20)10-14)23(21,22)16-7-8-17(18)13(3)9-16/h4-10,12,20H,11H2,1-3H3. The van der Waals surface area contributed by atoms with Gasteiger partial charge in [0.25, 0.3) is 10.0 Å². The number of hydrogen-bond acceptors (Lipinski definition) is 3. The van der Waals surface area contributed by atoms with E-state index in [9.17, 15) is 13.5 Å². The van der Waals surface area contributed by atoms with Gasteiger partial charge in [-0.25, -0.2) is 8.42 Å². The first-order valence-corrected chi connectivity index (χ1v) is 9.53. The molecule has 0 aliphatic carbocycles. The van der Waals surface area contributed by atoms with Crippen LogP contribution in [0.15, 0.2) is 51.8 Å². The molecule has 124 valence electrons. The van der Waals surface area contributed by atoms with Gasteiger partial charge in [-0.05, 0) is 48.7 Å². The number of benzene rings is 2. The van der Waals surface area contributed by atoms with Crippen molar-refractivity contribution in [2.24, 2.45) is 5.92 Å². The maximum absolute atomic E-state index is 13.1. The number of hydrogen-bond donors (Lipinski definition) is 1. The molecule has 0 aromatic heterocycles. The van der Waals surface area contributed by atoms with E-state index in [-0.39, 0.29) is 16.6 Å². The smallest absolute Gasteiger partial charge is 0.264 e. The van der Waals surface area contributed by atoms with Crippen LogP contribution in [0.5, 0.6) is 5.75 Å². The van der Waals surface area contributed by atoms with E-state index in [0.29, 0.717) is 12.2 Å². The van der Waals surface area contributed by atoms with Crippen LogP contribution >= 0.6 is 15.9 Å². The normalized spacial score (nSPS) is 11.7. The third-order valence-corrected chi connectivity index (χ3v) is 6.05. The molecule has 0 atom stereocenters. The number of rotatable bonds is 5. The monoisotopic (exact) mass is 397 g/mol. The molecule has 0 saturated heterocycles. The lowest BCUT2D eigenvalue weighted by Gasteiger charge is -2.26. The quantitative estimate of drug-likeness (QED) is 0.817. The Balaban J connectivity index is 2.55. The van der Waals surface area contributed by atoms with E-state index >= 15 is 0 Å². The molecular weight excluding hydrogens is 378 g/mol. The zero-order valence-electron chi connectivity index (χ0n) is 13.3. The van der Waals surface area contributed by atoms with Gasteiger partial charge in [-0.15, -0.1) is 0 Å². The summed E-state index contributed by atoms with van der Waals surface area (Å²) in [4.78, 5) is 0.238. The molecule has 1 N–H and O–H groups in total. The van der Waals surface area contributed by atoms with Gasteiger partial charge < -0.3 is 5.11 Å². The Morgan fingerprint density at radius 1 is 1.17 bits per heavy atom. The molecule has 0 heterocycles. The minimum atomic E-state index is -3.70. The topological polar surface area (TPSA) is 57.6 Å².